The number of aromatic nitrogens is 3. The molecule has 1 saturated carbocycles. The monoisotopic (exact) mass is 385 g/mol. The van der Waals surface area contributed by atoms with Crippen molar-refractivity contribution < 1.29 is 4.74 Å². The Morgan fingerprint density at radius 1 is 1.30 bits per heavy atom. The summed E-state index contributed by atoms with van der Waals surface area (Å²) in [7, 11) is 0. The molecule has 0 bridgehead atoms. The topological polar surface area (TPSA) is 48.5 Å². The van der Waals surface area contributed by atoms with Gasteiger partial charge in [-0.15, -0.1) is 0 Å². The van der Waals surface area contributed by atoms with Gasteiger partial charge in [-0.3, -0.25) is 9.20 Å². The van der Waals surface area contributed by atoms with Gasteiger partial charge in [0, 0.05) is 24.5 Å². The number of hydrogen-bond donors (Lipinski definition) is 0. The van der Waals surface area contributed by atoms with E-state index in [1.54, 1.807) is 4.57 Å². The van der Waals surface area contributed by atoms with Gasteiger partial charge in [0.1, 0.15) is 5.75 Å². The van der Waals surface area contributed by atoms with E-state index in [4.69, 9.17) is 16.3 Å². The predicted octanol–water partition coefficient (Wildman–Crippen LogP) is 4.71. The highest BCUT2D eigenvalue weighted by Gasteiger charge is 2.22. The van der Waals surface area contributed by atoms with E-state index in [9.17, 15) is 4.79 Å². The molecule has 1 aliphatic rings. The Labute approximate surface area is 163 Å². The number of fused-ring (bicyclic) bond motifs is 1. The highest BCUT2D eigenvalue weighted by Crippen LogP contribution is 2.34. The Kier molecular flexibility index (Phi) is 4.96. The average molecular weight is 386 g/mol. The van der Waals surface area contributed by atoms with E-state index in [1.165, 1.54) is 12.8 Å². The van der Waals surface area contributed by atoms with Crippen LogP contribution in [0.15, 0.2) is 35.4 Å². The van der Waals surface area contributed by atoms with Crippen LogP contribution in [-0.2, 0) is 6.54 Å². The normalized spacial score (nSPS) is 14.0. The van der Waals surface area contributed by atoms with Gasteiger partial charge in [0.25, 0.3) is 5.56 Å². The fourth-order valence-corrected chi connectivity index (χ4v) is 3.53. The largest absolute Gasteiger partial charge is 0.492 e. The molecule has 6 heteroatoms. The standard InChI is InChI=1S/C21H24ClN3O2/c1-3-4-9-24-10-11-25-19(14(2)23-20(25)21(24)26)16-7-8-18(17(22)12-16)27-13-15-5-6-15/h7-8,10-12,15H,3-6,9,13H2,1-2H3. The summed E-state index contributed by atoms with van der Waals surface area (Å²) in [6.45, 7) is 5.48. The molecule has 0 unspecified atom stereocenters. The zero-order valence-corrected chi connectivity index (χ0v) is 16.5. The summed E-state index contributed by atoms with van der Waals surface area (Å²) in [6.07, 6.45) is 8.25. The lowest BCUT2D eigenvalue weighted by Gasteiger charge is -2.10. The number of imidazole rings is 1. The fourth-order valence-electron chi connectivity index (χ4n) is 3.30. The first kappa shape index (κ1) is 18.1. The molecule has 5 nitrogen and oxygen atoms in total. The van der Waals surface area contributed by atoms with Crippen LogP contribution in [0.4, 0.5) is 0 Å². The maximum Gasteiger partial charge on any atom is 0.294 e. The van der Waals surface area contributed by atoms with E-state index in [1.807, 2.05) is 41.9 Å². The van der Waals surface area contributed by atoms with E-state index in [2.05, 4.69) is 11.9 Å². The van der Waals surface area contributed by atoms with Crippen LogP contribution in [0.2, 0.25) is 5.02 Å². The van der Waals surface area contributed by atoms with Crippen LogP contribution in [0, 0.1) is 12.8 Å². The molecular weight excluding hydrogens is 362 g/mol. The van der Waals surface area contributed by atoms with E-state index in [0.29, 0.717) is 28.9 Å². The van der Waals surface area contributed by atoms with E-state index in [0.717, 1.165) is 36.4 Å². The Hall–Kier alpha value is -2.27. The van der Waals surface area contributed by atoms with Gasteiger partial charge in [-0.05, 0) is 50.3 Å². The molecule has 0 radical (unpaired) electrons. The van der Waals surface area contributed by atoms with Gasteiger partial charge in [-0.2, -0.15) is 0 Å². The van der Waals surface area contributed by atoms with Crippen molar-refractivity contribution in [2.45, 2.75) is 46.1 Å². The predicted molar refractivity (Wildman–Crippen MR) is 108 cm³/mol. The van der Waals surface area contributed by atoms with Crippen molar-refractivity contribution in [1.29, 1.82) is 0 Å². The second-order valence-corrected chi connectivity index (χ2v) is 7.70. The van der Waals surface area contributed by atoms with Crippen LogP contribution >= 0.6 is 11.6 Å². The van der Waals surface area contributed by atoms with Gasteiger partial charge in [0.05, 0.1) is 23.0 Å². The summed E-state index contributed by atoms with van der Waals surface area (Å²) >= 11 is 6.45. The number of unbranched alkanes of at least 4 members (excludes halogenated alkanes) is 1. The molecule has 2 aromatic heterocycles. The highest BCUT2D eigenvalue weighted by atomic mass is 35.5. The van der Waals surface area contributed by atoms with E-state index in [-0.39, 0.29) is 5.56 Å². The van der Waals surface area contributed by atoms with Gasteiger partial charge in [0.15, 0.2) is 0 Å². The van der Waals surface area contributed by atoms with Gasteiger partial charge < -0.3 is 9.30 Å². The van der Waals surface area contributed by atoms with Crippen LogP contribution < -0.4 is 10.3 Å². The van der Waals surface area contributed by atoms with Gasteiger partial charge in [0.2, 0.25) is 5.65 Å². The van der Waals surface area contributed by atoms with Crippen molar-refractivity contribution in [2.75, 3.05) is 6.61 Å². The van der Waals surface area contributed by atoms with Crippen molar-refractivity contribution in [3.8, 4) is 17.0 Å². The number of aryl methyl sites for hydroxylation is 2. The van der Waals surface area contributed by atoms with Crippen LogP contribution in [0.1, 0.15) is 38.3 Å². The minimum Gasteiger partial charge on any atom is -0.492 e. The first-order valence-corrected chi connectivity index (χ1v) is 9.97. The molecule has 3 aromatic rings. The number of benzene rings is 1. The lowest BCUT2D eigenvalue weighted by Crippen LogP contribution is -2.21. The van der Waals surface area contributed by atoms with Crippen molar-refractivity contribution in [3.05, 3.63) is 51.7 Å². The Morgan fingerprint density at radius 2 is 2.11 bits per heavy atom. The summed E-state index contributed by atoms with van der Waals surface area (Å²) in [4.78, 5) is 17.3. The maximum absolute atomic E-state index is 12.7. The lowest BCUT2D eigenvalue weighted by molar-refractivity contribution is 0.300. The van der Waals surface area contributed by atoms with Crippen LogP contribution in [0.3, 0.4) is 0 Å². The number of halogens is 1. The van der Waals surface area contributed by atoms with Crippen molar-refractivity contribution in [1.82, 2.24) is 14.0 Å². The van der Waals surface area contributed by atoms with Crippen LogP contribution in [-0.4, -0.2) is 20.6 Å². The molecule has 0 amide bonds. The molecule has 1 aromatic carbocycles. The van der Waals surface area contributed by atoms with Crippen molar-refractivity contribution >= 4 is 17.2 Å². The Morgan fingerprint density at radius 3 is 2.81 bits per heavy atom. The number of hydrogen-bond acceptors (Lipinski definition) is 3. The highest BCUT2D eigenvalue weighted by molar-refractivity contribution is 6.32. The summed E-state index contributed by atoms with van der Waals surface area (Å²) in [6, 6.07) is 5.78. The molecule has 0 saturated heterocycles. The van der Waals surface area contributed by atoms with E-state index >= 15 is 0 Å². The first-order valence-electron chi connectivity index (χ1n) is 9.59. The molecule has 0 aliphatic heterocycles. The van der Waals surface area contributed by atoms with Crippen LogP contribution in [0.25, 0.3) is 16.9 Å². The van der Waals surface area contributed by atoms with E-state index < -0.39 is 0 Å². The summed E-state index contributed by atoms with van der Waals surface area (Å²) in [5, 5.41) is 0.582. The molecule has 1 aliphatic carbocycles. The van der Waals surface area contributed by atoms with Gasteiger partial charge >= 0.3 is 0 Å². The second kappa shape index (κ2) is 7.39. The molecule has 0 N–H and O–H groups in total. The third-order valence-electron chi connectivity index (χ3n) is 5.06. The van der Waals surface area contributed by atoms with Gasteiger partial charge in [-0.1, -0.05) is 24.9 Å². The summed E-state index contributed by atoms with van der Waals surface area (Å²) in [5.74, 6) is 1.39. The number of ether oxygens (including phenoxy) is 1. The Balaban J connectivity index is 1.70. The molecule has 27 heavy (non-hydrogen) atoms. The average Bonchev–Trinajstić information content (AvgIpc) is 3.41. The van der Waals surface area contributed by atoms with Crippen LogP contribution in [0.5, 0.6) is 5.75 Å². The smallest absolute Gasteiger partial charge is 0.294 e. The minimum atomic E-state index is -0.0595. The molecule has 142 valence electrons. The van der Waals surface area contributed by atoms with Crippen molar-refractivity contribution in [2.24, 2.45) is 5.92 Å². The minimum absolute atomic E-state index is 0.0595. The molecule has 4 rings (SSSR count). The number of nitrogens with zero attached hydrogens (tertiary/aromatic N) is 3. The zero-order chi connectivity index (χ0) is 19.0. The fraction of sp³-hybridized carbons (Fsp3) is 0.429. The Bertz CT molecular complexity index is 1030. The van der Waals surface area contributed by atoms with Gasteiger partial charge in [-0.25, -0.2) is 4.98 Å². The molecule has 1 fully saturated rings. The molecule has 2 heterocycles. The summed E-state index contributed by atoms with van der Waals surface area (Å²) in [5.41, 5.74) is 3.01. The zero-order valence-electron chi connectivity index (χ0n) is 15.7. The third kappa shape index (κ3) is 3.61. The first-order chi connectivity index (χ1) is 13.1. The SMILES string of the molecule is CCCCn1ccn2c(-c3ccc(OCC4CC4)c(Cl)c3)c(C)nc2c1=O. The second-order valence-electron chi connectivity index (χ2n) is 7.29. The lowest BCUT2D eigenvalue weighted by atomic mass is 10.1. The molecule has 0 atom stereocenters. The maximum atomic E-state index is 12.7. The third-order valence-corrected chi connectivity index (χ3v) is 5.36. The summed E-state index contributed by atoms with van der Waals surface area (Å²) < 4.78 is 9.41. The molecule has 0 spiro atoms. The number of rotatable bonds is 7. The molecular formula is C21H24ClN3O2. The van der Waals surface area contributed by atoms with Crippen molar-refractivity contribution in [3.63, 3.8) is 0 Å². The quantitative estimate of drug-likeness (QED) is 0.591.